The first kappa shape index (κ1) is 28.5. The van der Waals surface area contributed by atoms with Gasteiger partial charge in [0.25, 0.3) is 0 Å². The molecular weight excluding hydrogens is 526 g/mol. The van der Waals surface area contributed by atoms with Crippen LogP contribution in [0.4, 0.5) is 11.6 Å². The van der Waals surface area contributed by atoms with Crippen LogP contribution in [0.1, 0.15) is 50.6 Å². The average Bonchev–Trinajstić information content (AvgIpc) is 3.40. The maximum atomic E-state index is 13.4. The second-order valence-electron chi connectivity index (χ2n) is 11.5. The molecule has 0 N–H and O–H groups in total. The van der Waals surface area contributed by atoms with Crippen molar-refractivity contribution in [2.75, 3.05) is 63.2 Å². The Balaban J connectivity index is 0.00000323. The molecule has 0 spiro atoms. The summed E-state index contributed by atoms with van der Waals surface area (Å²) in [5.41, 5.74) is 1.74. The van der Waals surface area contributed by atoms with Crippen LogP contribution in [-0.2, 0) is 11.3 Å². The normalized spacial score (nSPS) is 22.2. The van der Waals surface area contributed by atoms with Gasteiger partial charge in [-0.3, -0.25) is 4.79 Å². The largest absolute Gasteiger partial charge is 0.363 e. The number of hydrogen-bond donors (Lipinski definition) is 0. The lowest BCUT2D eigenvalue weighted by Crippen LogP contribution is -2.51. The molecule has 0 aromatic carbocycles. The SMILES string of the molecule is CN(C)c1cccc(Cn2ncc3c(N4CCN(C(=O)C5CCC(N6CCCCC6)CC5)CC4)ncnc32)n1.Cl. The van der Waals surface area contributed by atoms with Crippen LogP contribution >= 0.6 is 12.4 Å². The predicted molar refractivity (Wildman–Crippen MR) is 160 cm³/mol. The van der Waals surface area contributed by atoms with Crippen molar-refractivity contribution in [1.82, 2.24) is 34.5 Å². The van der Waals surface area contributed by atoms with E-state index >= 15 is 0 Å². The molecule has 1 aliphatic carbocycles. The number of piperidine rings is 1. The summed E-state index contributed by atoms with van der Waals surface area (Å²) in [4.78, 5) is 36.3. The lowest BCUT2D eigenvalue weighted by Gasteiger charge is -2.41. The van der Waals surface area contributed by atoms with Crippen molar-refractivity contribution in [2.24, 2.45) is 5.92 Å². The summed E-state index contributed by atoms with van der Waals surface area (Å²) in [5.74, 6) is 2.37. The summed E-state index contributed by atoms with van der Waals surface area (Å²) in [6, 6.07) is 6.72. The van der Waals surface area contributed by atoms with Crippen LogP contribution < -0.4 is 9.80 Å². The van der Waals surface area contributed by atoms with Gasteiger partial charge >= 0.3 is 0 Å². The van der Waals surface area contributed by atoms with Crippen molar-refractivity contribution in [3.05, 3.63) is 36.4 Å². The summed E-state index contributed by atoms with van der Waals surface area (Å²) in [5, 5.41) is 5.57. The van der Waals surface area contributed by atoms with Gasteiger partial charge in [0.1, 0.15) is 18.0 Å². The van der Waals surface area contributed by atoms with Gasteiger partial charge < -0.3 is 19.6 Å². The first-order chi connectivity index (χ1) is 19.1. The molecule has 3 fully saturated rings. The molecule has 10 nitrogen and oxygen atoms in total. The highest BCUT2D eigenvalue weighted by molar-refractivity contribution is 5.87. The Morgan fingerprint density at radius 2 is 1.70 bits per heavy atom. The highest BCUT2D eigenvalue weighted by Crippen LogP contribution is 2.31. The van der Waals surface area contributed by atoms with Crippen LogP contribution in [0.25, 0.3) is 11.0 Å². The van der Waals surface area contributed by atoms with Crippen molar-refractivity contribution in [3.8, 4) is 0 Å². The number of likely N-dealkylation sites (tertiary alicyclic amines) is 1. The van der Waals surface area contributed by atoms with Crippen LogP contribution in [0.3, 0.4) is 0 Å². The van der Waals surface area contributed by atoms with E-state index in [9.17, 15) is 4.79 Å². The first-order valence-corrected chi connectivity index (χ1v) is 14.6. The van der Waals surface area contributed by atoms with E-state index in [1.807, 2.05) is 48.1 Å². The topological polar surface area (TPSA) is 86.5 Å². The molecule has 3 aromatic heterocycles. The fourth-order valence-corrected chi connectivity index (χ4v) is 6.57. The summed E-state index contributed by atoms with van der Waals surface area (Å²) in [7, 11) is 3.98. The van der Waals surface area contributed by atoms with Gasteiger partial charge in [0.2, 0.25) is 5.91 Å². The third-order valence-electron chi connectivity index (χ3n) is 8.82. The quantitative estimate of drug-likeness (QED) is 0.448. The van der Waals surface area contributed by atoms with E-state index < -0.39 is 0 Å². The van der Waals surface area contributed by atoms with E-state index in [1.165, 1.54) is 45.2 Å². The van der Waals surface area contributed by atoms with Crippen LogP contribution in [0.2, 0.25) is 0 Å². The molecule has 5 heterocycles. The Morgan fingerprint density at radius 1 is 0.950 bits per heavy atom. The number of rotatable bonds is 6. The molecule has 1 saturated carbocycles. The zero-order valence-corrected chi connectivity index (χ0v) is 24.6. The zero-order valence-electron chi connectivity index (χ0n) is 23.8. The number of fused-ring (bicyclic) bond motifs is 1. The number of pyridine rings is 1. The third-order valence-corrected chi connectivity index (χ3v) is 8.82. The maximum absolute atomic E-state index is 13.4. The number of hydrogen-bond acceptors (Lipinski definition) is 8. The van der Waals surface area contributed by atoms with Crippen LogP contribution in [0.5, 0.6) is 0 Å². The fraction of sp³-hybridized carbons (Fsp3) is 0.621. The van der Waals surface area contributed by atoms with Gasteiger partial charge in [0.05, 0.1) is 23.8 Å². The molecule has 0 bridgehead atoms. The summed E-state index contributed by atoms with van der Waals surface area (Å²) >= 11 is 0. The molecule has 216 valence electrons. The number of amides is 1. The Morgan fingerprint density at radius 3 is 2.42 bits per heavy atom. The second-order valence-corrected chi connectivity index (χ2v) is 11.5. The van der Waals surface area contributed by atoms with Crippen LogP contribution in [0, 0.1) is 5.92 Å². The Kier molecular flexibility index (Phi) is 9.05. The van der Waals surface area contributed by atoms with Crippen molar-refractivity contribution in [3.63, 3.8) is 0 Å². The number of nitrogens with zero attached hydrogens (tertiary/aromatic N) is 9. The van der Waals surface area contributed by atoms with E-state index in [-0.39, 0.29) is 18.3 Å². The Bertz CT molecular complexity index is 1280. The summed E-state index contributed by atoms with van der Waals surface area (Å²) in [6.45, 7) is 6.08. The molecule has 3 aromatic rings. The minimum absolute atomic E-state index is 0. The fourth-order valence-electron chi connectivity index (χ4n) is 6.57. The smallest absolute Gasteiger partial charge is 0.225 e. The van der Waals surface area contributed by atoms with Gasteiger partial charge in [-0.25, -0.2) is 19.6 Å². The van der Waals surface area contributed by atoms with E-state index in [0.29, 0.717) is 18.5 Å². The zero-order chi connectivity index (χ0) is 26.8. The molecule has 40 heavy (non-hydrogen) atoms. The number of halogens is 1. The molecular formula is C29H42ClN9O. The monoisotopic (exact) mass is 567 g/mol. The third kappa shape index (κ3) is 6.02. The van der Waals surface area contributed by atoms with Crippen LogP contribution in [-0.4, -0.2) is 99.8 Å². The minimum Gasteiger partial charge on any atom is -0.363 e. The van der Waals surface area contributed by atoms with E-state index in [0.717, 1.165) is 67.4 Å². The molecule has 0 unspecified atom stereocenters. The van der Waals surface area contributed by atoms with Gasteiger partial charge in [-0.2, -0.15) is 5.10 Å². The van der Waals surface area contributed by atoms with Crippen molar-refractivity contribution in [2.45, 2.75) is 57.5 Å². The molecule has 0 atom stereocenters. The average molecular weight is 568 g/mol. The van der Waals surface area contributed by atoms with Gasteiger partial charge in [-0.05, 0) is 63.7 Å². The minimum atomic E-state index is 0. The van der Waals surface area contributed by atoms with Crippen molar-refractivity contribution < 1.29 is 4.79 Å². The Labute approximate surface area is 243 Å². The van der Waals surface area contributed by atoms with Gasteiger partial charge in [0, 0.05) is 52.2 Å². The van der Waals surface area contributed by atoms with Gasteiger partial charge in [-0.1, -0.05) is 12.5 Å². The maximum Gasteiger partial charge on any atom is 0.225 e. The summed E-state index contributed by atoms with van der Waals surface area (Å²) in [6.07, 6.45) is 12.0. The second kappa shape index (κ2) is 12.7. The molecule has 2 saturated heterocycles. The number of anilines is 2. The van der Waals surface area contributed by atoms with E-state index in [1.54, 1.807) is 6.33 Å². The molecule has 0 radical (unpaired) electrons. The van der Waals surface area contributed by atoms with Gasteiger partial charge in [-0.15, -0.1) is 12.4 Å². The van der Waals surface area contributed by atoms with Crippen LogP contribution in [0.15, 0.2) is 30.7 Å². The lowest BCUT2D eigenvalue weighted by atomic mass is 9.83. The molecule has 6 rings (SSSR count). The highest BCUT2D eigenvalue weighted by atomic mass is 35.5. The molecule has 1 amide bonds. The standard InChI is InChI=1S/C29H41N9O.ClH/c1-34(2)26-8-6-7-23(33-26)20-38-28-25(19-32-38)27(30-21-31-28)36-15-17-37(18-16-36)29(39)22-9-11-24(12-10-22)35-13-4-3-5-14-35;/h6-8,19,21-22,24H,3-5,9-18,20H2,1-2H3;1H. The Hall–Kier alpha value is -2.98. The number of aromatic nitrogens is 5. The number of carbonyl (C=O) groups excluding carboxylic acids is 1. The van der Waals surface area contributed by atoms with E-state index in [2.05, 4.69) is 29.8 Å². The summed E-state index contributed by atoms with van der Waals surface area (Å²) < 4.78 is 1.89. The van der Waals surface area contributed by atoms with Crippen molar-refractivity contribution in [1.29, 1.82) is 0 Å². The molecule has 2 aliphatic heterocycles. The lowest BCUT2D eigenvalue weighted by molar-refractivity contribution is -0.137. The number of piperazine rings is 1. The predicted octanol–water partition coefficient (Wildman–Crippen LogP) is 3.45. The van der Waals surface area contributed by atoms with Crippen molar-refractivity contribution >= 4 is 41.0 Å². The molecule has 11 heteroatoms. The molecule has 3 aliphatic rings. The number of carbonyl (C=O) groups is 1. The highest BCUT2D eigenvalue weighted by Gasteiger charge is 2.33. The van der Waals surface area contributed by atoms with E-state index in [4.69, 9.17) is 4.98 Å². The first-order valence-electron chi connectivity index (χ1n) is 14.6. The van der Waals surface area contributed by atoms with Gasteiger partial charge in [0.15, 0.2) is 5.65 Å².